The summed E-state index contributed by atoms with van der Waals surface area (Å²) in [6.45, 7) is 0.567. The molecule has 2 heteroatoms. The fraction of sp³-hybridized carbons (Fsp3) is 0.143. The van der Waals surface area contributed by atoms with Crippen molar-refractivity contribution >= 4 is 15.9 Å². The van der Waals surface area contributed by atoms with Crippen molar-refractivity contribution in [1.29, 1.82) is 0 Å². The topological polar surface area (TPSA) is 26.0 Å². The first-order chi connectivity index (χ1) is 4.34. The second-order valence-corrected chi connectivity index (χ2v) is 2.51. The van der Waals surface area contributed by atoms with Gasteiger partial charge in [0.2, 0.25) is 0 Å². The van der Waals surface area contributed by atoms with Crippen molar-refractivity contribution in [3.05, 3.63) is 34.3 Å². The van der Waals surface area contributed by atoms with Gasteiger partial charge in [-0.15, -0.1) is 0 Å². The van der Waals surface area contributed by atoms with Crippen LogP contribution in [0.1, 0.15) is 5.56 Å². The summed E-state index contributed by atoms with van der Waals surface area (Å²) in [4.78, 5) is 0. The highest BCUT2D eigenvalue weighted by atomic mass is 79.9. The van der Waals surface area contributed by atoms with Crippen LogP contribution in [0.3, 0.4) is 0 Å². The highest BCUT2D eigenvalue weighted by Gasteiger charge is 1.92. The average Bonchev–Trinajstić information content (AvgIpc) is 1.89. The average molecular weight is 185 g/mol. The molecule has 2 N–H and O–H groups in total. The third kappa shape index (κ3) is 1.53. The van der Waals surface area contributed by atoms with Crippen LogP contribution >= 0.6 is 15.9 Å². The van der Waals surface area contributed by atoms with Crippen LogP contribution in [0.2, 0.25) is 0 Å². The highest BCUT2D eigenvalue weighted by Crippen LogP contribution is 2.13. The fourth-order valence-electron chi connectivity index (χ4n) is 0.609. The van der Waals surface area contributed by atoms with Crippen LogP contribution in [-0.2, 0) is 6.54 Å². The van der Waals surface area contributed by atoms with Crippen molar-refractivity contribution in [2.45, 2.75) is 6.54 Å². The molecule has 0 aliphatic rings. The number of halogens is 1. The van der Waals surface area contributed by atoms with Gasteiger partial charge in [-0.1, -0.05) is 18.2 Å². The van der Waals surface area contributed by atoms with E-state index in [2.05, 4.69) is 22.0 Å². The van der Waals surface area contributed by atoms with E-state index < -0.39 is 0 Å². The predicted octanol–water partition coefficient (Wildman–Crippen LogP) is 1.71. The van der Waals surface area contributed by atoms with Gasteiger partial charge in [-0.05, 0) is 27.6 Å². The zero-order chi connectivity index (χ0) is 6.69. The number of nitrogens with two attached hydrogens (primary N) is 1. The van der Waals surface area contributed by atoms with Crippen molar-refractivity contribution < 1.29 is 0 Å². The van der Waals surface area contributed by atoms with E-state index in [4.69, 9.17) is 5.73 Å². The summed E-state index contributed by atoms with van der Waals surface area (Å²) in [5, 5.41) is 0. The summed E-state index contributed by atoms with van der Waals surface area (Å²) in [6.07, 6.45) is 0. The van der Waals surface area contributed by atoms with E-state index in [1.165, 1.54) is 0 Å². The second kappa shape index (κ2) is 2.99. The lowest BCUT2D eigenvalue weighted by Gasteiger charge is -1.96. The van der Waals surface area contributed by atoms with Crippen LogP contribution in [-0.4, -0.2) is 0 Å². The molecule has 0 amide bonds. The van der Waals surface area contributed by atoms with Gasteiger partial charge in [0, 0.05) is 11.0 Å². The summed E-state index contributed by atoms with van der Waals surface area (Å²) in [6, 6.07) is 8.73. The molecule has 0 fully saturated rings. The Bertz CT molecular complexity index is 198. The zero-order valence-corrected chi connectivity index (χ0v) is 6.48. The van der Waals surface area contributed by atoms with E-state index >= 15 is 0 Å². The molecule has 1 nitrogen and oxygen atoms in total. The Morgan fingerprint density at radius 2 is 2.44 bits per heavy atom. The molecule has 0 aliphatic carbocycles. The number of hydrogen-bond donors (Lipinski definition) is 1. The molecule has 0 saturated heterocycles. The van der Waals surface area contributed by atoms with Crippen LogP contribution < -0.4 is 5.73 Å². The van der Waals surface area contributed by atoms with Gasteiger partial charge < -0.3 is 5.73 Å². The monoisotopic (exact) mass is 184 g/mol. The number of benzene rings is 1. The van der Waals surface area contributed by atoms with Crippen LogP contribution in [0.15, 0.2) is 22.7 Å². The molecule has 0 aliphatic heterocycles. The molecule has 0 heterocycles. The largest absolute Gasteiger partial charge is 0.326 e. The first-order valence-corrected chi connectivity index (χ1v) is 3.49. The Labute approximate surface area is 63.0 Å². The third-order valence-electron chi connectivity index (χ3n) is 1.11. The SMILES string of the molecule is NCc1ccc[c]c1Br. The Morgan fingerprint density at radius 1 is 1.67 bits per heavy atom. The Kier molecular flexibility index (Phi) is 2.25. The molecule has 0 atom stereocenters. The van der Waals surface area contributed by atoms with E-state index in [0.717, 1.165) is 10.0 Å². The normalized spacial score (nSPS) is 9.56. The molecule has 1 radical (unpaired) electrons. The first-order valence-electron chi connectivity index (χ1n) is 2.69. The Hall–Kier alpha value is -0.340. The molecule has 47 valence electrons. The van der Waals surface area contributed by atoms with Crippen molar-refractivity contribution in [2.75, 3.05) is 0 Å². The Morgan fingerprint density at radius 3 is 2.89 bits per heavy atom. The zero-order valence-electron chi connectivity index (χ0n) is 4.89. The standard InChI is InChI=1S/C7H7BrN/c8-7-4-2-1-3-6(7)5-9/h1-3H,5,9H2. The lowest BCUT2D eigenvalue weighted by molar-refractivity contribution is 1.06. The molecule has 0 aromatic heterocycles. The minimum absolute atomic E-state index is 0.567. The van der Waals surface area contributed by atoms with Gasteiger partial charge >= 0.3 is 0 Å². The number of rotatable bonds is 1. The number of hydrogen-bond acceptors (Lipinski definition) is 1. The highest BCUT2D eigenvalue weighted by molar-refractivity contribution is 9.10. The molecular formula is C7H7BrN. The van der Waals surface area contributed by atoms with Crippen molar-refractivity contribution in [1.82, 2.24) is 0 Å². The molecule has 0 unspecified atom stereocenters. The van der Waals surface area contributed by atoms with Crippen LogP contribution in [0.4, 0.5) is 0 Å². The van der Waals surface area contributed by atoms with Gasteiger partial charge in [0.05, 0.1) is 0 Å². The van der Waals surface area contributed by atoms with E-state index in [1.807, 2.05) is 18.2 Å². The van der Waals surface area contributed by atoms with E-state index in [9.17, 15) is 0 Å². The van der Waals surface area contributed by atoms with E-state index in [0.29, 0.717) is 6.54 Å². The summed E-state index contributed by atoms with van der Waals surface area (Å²) in [5.74, 6) is 0. The summed E-state index contributed by atoms with van der Waals surface area (Å²) in [5.41, 5.74) is 6.50. The summed E-state index contributed by atoms with van der Waals surface area (Å²) in [7, 11) is 0. The van der Waals surface area contributed by atoms with Gasteiger partial charge in [-0.2, -0.15) is 0 Å². The van der Waals surface area contributed by atoms with Gasteiger partial charge in [0.25, 0.3) is 0 Å². The molecule has 1 rings (SSSR count). The van der Waals surface area contributed by atoms with Crippen molar-refractivity contribution in [2.24, 2.45) is 5.73 Å². The van der Waals surface area contributed by atoms with Gasteiger partial charge in [-0.25, -0.2) is 0 Å². The van der Waals surface area contributed by atoms with Crippen LogP contribution in [0, 0.1) is 6.07 Å². The van der Waals surface area contributed by atoms with Crippen molar-refractivity contribution in [3.63, 3.8) is 0 Å². The Balaban J connectivity index is 3.01. The minimum Gasteiger partial charge on any atom is -0.326 e. The van der Waals surface area contributed by atoms with Gasteiger partial charge in [0.1, 0.15) is 0 Å². The van der Waals surface area contributed by atoms with Gasteiger partial charge in [0.15, 0.2) is 0 Å². The van der Waals surface area contributed by atoms with E-state index in [1.54, 1.807) is 0 Å². The lowest BCUT2D eigenvalue weighted by atomic mass is 10.2. The maximum absolute atomic E-state index is 5.40. The maximum atomic E-state index is 5.40. The molecule has 1 aromatic rings. The lowest BCUT2D eigenvalue weighted by Crippen LogP contribution is -1.96. The predicted molar refractivity (Wildman–Crippen MR) is 40.9 cm³/mol. The second-order valence-electron chi connectivity index (χ2n) is 1.71. The first kappa shape index (κ1) is 6.78. The molecular weight excluding hydrogens is 178 g/mol. The molecule has 0 spiro atoms. The third-order valence-corrected chi connectivity index (χ3v) is 1.84. The van der Waals surface area contributed by atoms with Crippen molar-refractivity contribution in [3.8, 4) is 0 Å². The fourth-order valence-corrected chi connectivity index (χ4v) is 1.04. The summed E-state index contributed by atoms with van der Waals surface area (Å²) < 4.78 is 0.965. The van der Waals surface area contributed by atoms with E-state index in [-0.39, 0.29) is 0 Å². The quantitative estimate of drug-likeness (QED) is 0.707. The smallest absolute Gasteiger partial charge is 0.0299 e. The molecule has 0 bridgehead atoms. The van der Waals surface area contributed by atoms with Gasteiger partial charge in [-0.3, -0.25) is 0 Å². The van der Waals surface area contributed by atoms with Crippen LogP contribution in [0.5, 0.6) is 0 Å². The minimum atomic E-state index is 0.567. The molecule has 1 aromatic carbocycles. The molecule has 0 saturated carbocycles. The molecule has 9 heavy (non-hydrogen) atoms. The van der Waals surface area contributed by atoms with Crippen LogP contribution in [0.25, 0.3) is 0 Å². The summed E-state index contributed by atoms with van der Waals surface area (Å²) >= 11 is 3.32. The maximum Gasteiger partial charge on any atom is 0.0299 e.